The fourth-order valence-electron chi connectivity index (χ4n) is 2.10. The minimum Gasteiger partial charge on any atom is -0.394 e. The molecule has 5 nitrogen and oxygen atoms in total. The van der Waals surface area contributed by atoms with E-state index in [1.165, 1.54) is 0 Å². The van der Waals surface area contributed by atoms with Gasteiger partial charge in [0.1, 0.15) is 0 Å². The molecule has 5 heteroatoms. The lowest BCUT2D eigenvalue weighted by molar-refractivity contribution is 0.0915. The van der Waals surface area contributed by atoms with Crippen molar-refractivity contribution in [2.45, 2.75) is 26.3 Å². The van der Waals surface area contributed by atoms with Gasteiger partial charge in [0.25, 0.3) is 5.91 Å². The fourth-order valence-corrected chi connectivity index (χ4v) is 2.10. The van der Waals surface area contributed by atoms with Crippen LogP contribution in [0.15, 0.2) is 36.4 Å². The Balaban J connectivity index is 2.07. The number of hydrogen-bond acceptors (Lipinski definition) is 4. The summed E-state index contributed by atoms with van der Waals surface area (Å²) in [5, 5.41) is 20.2. The first-order chi connectivity index (χ1) is 10.1. The molecule has 2 aromatic rings. The van der Waals surface area contributed by atoms with Crippen LogP contribution in [0, 0.1) is 13.8 Å². The van der Waals surface area contributed by atoms with Crippen LogP contribution in [0.1, 0.15) is 27.3 Å². The highest BCUT2D eigenvalue weighted by Gasteiger charge is 2.16. The van der Waals surface area contributed by atoms with E-state index in [1.54, 1.807) is 19.9 Å². The van der Waals surface area contributed by atoms with Crippen LogP contribution in [0.2, 0.25) is 0 Å². The van der Waals surface area contributed by atoms with Gasteiger partial charge in [0.05, 0.1) is 29.6 Å². The monoisotopic (exact) mass is 285 g/mol. The van der Waals surface area contributed by atoms with Gasteiger partial charge in [0, 0.05) is 0 Å². The minimum atomic E-state index is -0.326. The Morgan fingerprint density at radius 2 is 1.95 bits per heavy atom. The van der Waals surface area contributed by atoms with E-state index in [2.05, 4.69) is 15.5 Å². The first-order valence-corrected chi connectivity index (χ1v) is 6.86. The standard InChI is InChI=1S/C16H19N3O2/c1-11-8-15(12(2)19-18-11)16(21)17-14(10-20)9-13-6-4-3-5-7-13/h3-8,14,20H,9-10H2,1-2H3,(H,17,21)/t14-/m0/s1. The first-order valence-electron chi connectivity index (χ1n) is 6.86. The third-order valence-electron chi connectivity index (χ3n) is 3.23. The molecule has 0 unspecified atom stereocenters. The number of aliphatic hydroxyl groups excluding tert-OH is 1. The van der Waals surface area contributed by atoms with Crippen molar-refractivity contribution >= 4 is 5.91 Å². The van der Waals surface area contributed by atoms with Gasteiger partial charge < -0.3 is 10.4 Å². The number of aryl methyl sites for hydroxylation is 2. The highest BCUT2D eigenvalue weighted by atomic mass is 16.3. The van der Waals surface area contributed by atoms with Crippen molar-refractivity contribution in [3.8, 4) is 0 Å². The Kier molecular flexibility index (Phi) is 5.00. The third kappa shape index (κ3) is 4.10. The molecular formula is C16H19N3O2. The zero-order valence-corrected chi connectivity index (χ0v) is 12.2. The van der Waals surface area contributed by atoms with Crippen LogP contribution in [0.4, 0.5) is 0 Å². The maximum Gasteiger partial charge on any atom is 0.253 e. The van der Waals surface area contributed by atoms with Gasteiger partial charge in [-0.3, -0.25) is 4.79 Å². The summed E-state index contributed by atoms with van der Waals surface area (Å²) in [6, 6.07) is 11.1. The van der Waals surface area contributed by atoms with E-state index in [1.807, 2.05) is 30.3 Å². The minimum absolute atomic E-state index is 0.114. The fraction of sp³-hybridized carbons (Fsp3) is 0.312. The average Bonchev–Trinajstić information content (AvgIpc) is 2.50. The molecule has 1 aromatic carbocycles. The number of carbonyl (C=O) groups excluding carboxylic acids is 1. The van der Waals surface area contributed by atoms with E-state index >= 15 is 0 Å². The first kappa shape index (κ1) is 15.1. The van der Waals surface area contributed by atoms with Crippen LogP contribution in [0.5, 0.6) is 0 Å². The number of nitrogens with zero attached hydrogens (tertiary/aromatic N) is 2. The molecule has 21 heavy (non-hydrogen) atoms. The normalized spacial score (nSPS) is 12.0. The van der Waals surface area contributed by atoms with Crippen molar-refractivity contribution in [1.29, 1.82) is 0 Å². The summed E-state index contributed by atoms with van der Waals surface area (Å²) in [6.45, 7) is 3.42. The maximum atomic E-state index is 12.3. The second-order valence-electron chi connectivity index (χ2n) is 5.03. The molecule has 0 aliphatic heterocycles. The summed E-state index contributed by atoms with van der Waals surface area (Å²) in [4.78, 5) is 12.3. The van der Waals surface area contributed by atoms with E-state index in [4.69, 9.17) is 0 Å². The highest BCUT2D eigenvalue weighted by Crippen LogP contribution is 2.07. The summed E-state index contributed by atoms with van der Waals surface area (Å²) < 4.78 is 0. The quantitative estimate of drug-likeness (QED) is 0.871. The highest BCUT2D eigenvalue weighted by molar-refractivity contribution is 5.95. The number of hydrogen-bond donors (Lipinski definition) is 2. The zero-order chi connectivity index (χ0) is 15.2. The predicted molar refractivity (Wildman–Crippen MR) is 80.0 cm³/mol. The number of benzene rings is 1. The number of amides is 1. The van der Waals surface area contributed by atoms with E-state index in [0.29, 0.717) is 23.4 Å². The van der Waals surface area contributed by atoms with Crippen LogP contribution in [-0.4, -0.2) is 33.9 Å². The van der Waals surface area contributed by atoms with Crippen molar-refractivity contribution in [3.05, 3.63) is 58.9 Å². The number of carbonyl (C=O) groups is 1. The summed E-state index contributed by atoms with van der Waals surface area (Å²) >= 11 is 0. The molecule has 1 amide bonds. The van der Waals surface area contributed by atoms with E-state index in [9.17, 15) is 9.90 Å². The zero-order valence-electron chi connectivity index (χ0n) is 12.2. The van der Waals surface area contributed by atoms with Crippen molar-refractivity contribution in [2.75, 3.05) is 6.61 Å². The number of rotatable bonds is 5. The molecule has 0 fully saturated rings. The van der Waals surface area contributed by atoms with E-state index in [-0.39, 0.29) is 18.6 Å². The van der Waals surface area contributed by atoms with E-state index < -0.39 is 0 Å². The molecule has 0 aliphatic rings. The van der Waals surface area contributed by atoms with Gasteiger partial charge in [-0.15, -0.1) is 0 Å². The Bertz CT molecular complexity index is 614. The lowest BCUT2D eigenvalue weighted by Crippen LogP contribution is -2.39. The maximum absolute atomic E-state index is 12.3. The van der Waals surface area contributed by atoms with Crippen molar-refractivity contribution in [3.63, 3.8) is 0 Å². The molecule has 1 aromatic heterocycles. The molecule has 0 spiro atoms. The molecule has 110 valence electrons. The molecule has 1 atom stereocenters. The SMILES string of the molecule is Cc1cc(C(=O)N[C@H](CO)Cc2ccccc2)c(C)nn1. The Labute approximate surface area is 124 Å². The average molecular weight is 285 g/mol. The van der Waals surface area contributed by atoms with Crippen molar-refractivity contribution < 1.29 is 9.90 Å². The van der Waals surface area contributed by atoms with Gasteiger partial charge in [-0.25, -0.2) is 0 Å². The number of aliphatic hydroxyl groups is 1. The number of aromatic nitrogens is 2. The topological polar surface area (TPSA) is 75.1 Å². The molecular weight excluding hydrogens is 266 g/mol. The third-order valence-corrected chi connectivity index (χ3v) is 3.23. The van der Waals surface area contributed by atoms with Crippen molar-refractivity contribution in [1.82, 2.24) is 15.5 Å². The molecule has 0 bridgehead atoms. The van der Waals surface area contributed by atoms with Gasteiger partial charge in [0.15, 0.2) is 0 Å². The molecule has 0 saturated heterocycles. The van der Waals surface area contributed by atoms with Crippen LogP contribution in [0.25, 0.3) is 0 Å². The van der Waals surface area contributed by atoms with Crippen molar-refractivity contribution in [2.24, 2.45) is 0 Å². The Morgan fingerprint density at radius 1 is 1.24 bits per heavy atom. The molecule has 0 radical (unpaired) electrons. The predicted octanol–water partition coefficient (Wildman–Crippen LogP) is 1.43. The molecule has 0 aliphatic carbocycles. The summed E-state index contributed by atoms with van der Waals surface area (Å²) in [7, 11) is 0. The second kappa shape index (κ2) is 6.95. The number of nitrogens with one attached hydrogen (secondary N) is 1. The van der Waals surface area contributed by atoms with E-state index in [0.717, 1.165) is 5.56 Å². The van der Waals surface area contributed by atoms with Gasteiger partial charge in [-0.1, -0.05) is 30.3 Å². The lowest BCUT2D eigenvalue weighted by atomic mass is 10.1. The smallest absolute Gasteiger partial charge is 0.253 e. The van der Waals surface area contributed by atoms with Crippen LogP contribution in [-0.2, 0) is 6.42 Å². The molecule has 2 N–H and O–H groups in total. The summed E-state index contributed by atoms with van der Waals surface area (Å²) in [6.07, 6.45) is 0.583. The largest absolute Gasteiger partial charge is 0.394 e. The van der Waals surface area contributed by atoms with Crippen LogP contribution in [0.3, 0.4) is 0 Å². The van der Waals surface area contributed by atoms with Crippen LogP contribution >= 0.6 is 0 Å². The molecule has 0 saturated carbocycles. The lowest BCUT2D eigenvalue weighted by Gasteiger charge is -2.17. The molecule has 2 rings (SSSR count). The van der Waals surface area contributed by atoms with Gasteiger partial charge in [0.2, 0.25) is 0 Å². The van der Waals surface area contributed by atoms with Gasteiger partial charge >= 0.3 is 0 Å². The van der Waals surface area contributed by atoms with Gasteiger partial charge in [-0.2, -0.15) is 10.2 Å². The second-order valence-corrected chi connectivity index (χ2v) is 5.03. The Hall–Kier alpha value is -2.27. The summed E-state index contributed by atoms with van der Waals surface area (Å²) in [5.41, 5.74) is 2.83. The van der Waals surface area contributed by atoms with Crippen LogP contribution < -0.4 is 5.32 Å². The van der Waals surface area contributed by atoms with Gasteiger partial charge in [-0.05, 0) is 31.9 Å². The molecule has 1 heterocycles. The Morgan fingerprint density at radius 3 is 2.62 bits per heavy atom. The summed E-state index contributed by atoms with van der Waals surface area (Å²) in [5.74, 6) is -0.236.